The van der Waals surface area contributed by atoms with Crippen molar-refractivity contribution in [2.75, 3.05) is 32.8 Å². The largest absolute Gasteiger partial charge is 0.378 e. The van der Waals surface area contributed by atoms with Crippen LogP contribution < -0.4 is 10.6 Å². The number of benzene rings is 1. The van der Waals surface area contributed by atoms with Gasteiger partial charge in [-0.25, -0.2) is 0 Å². The van der Waals surface area contributed by atoms with Gasteiger partial charge in [-0.1, -0.05) is 17.7 Å². The van der Waals surface area contributed by atoms with Gasteiger partial charge in [0.05, 0.1) is 13.2 Å². The summed E-state index contributed by atoms with van der Waals surface area (Å²) < 4.78 is 5.38. The number of nitrogens with one attached hydrogen (secondary N) is 2. The molecule has 26 heavy (non-hydrogen) atoms. The fourth-order valence-corrected chi connectivity index (χ4v) is 3.37. The van der Waals surface area contributed by atoms with Crippen LogP contribution in [-0.2, 0) is 9.53 Å². The molecule has 0 aromatic heterocycles. The summed E-state index contributed by atoms with van der Waals surface area (Å²) in [6.07, 6.45) is 2.05. The number of rotatable bonds is 4. The predicted molar refractivity (Wildman–Crippen MR) is 103 cm³/mol. The number of aryl methyl sites for hydroxylation is 1. The van der Waals surface area contributed by atoms with E-state index in [1.54, 1.807) is 0 Å². The van der Waals surface area contributed by atoms with Crippen LogP contribution in [0.25, 0.3) is 0 Å². The Bertz CT molecular complexity index is 595. The van der Waals surface area contributed by atoms with E-state index in [0.29, 0.717) is 32.7 Å². The highest BCUT2D eigenvalue weighted by atomic mass is 35.5. The Morgan fingerprint density at radius 1 is 1.23 bits per heavy atom. The van der Waals surface area contributed by atoms with E-state index in [1.165, 1.54) is 0 Å². The first kappa shape index (κ1) is 20.7. The molecule has 2 N–H and O–H groups in total. The minimum atomic E-state index is 0. The van der Waals surface area contributed by atoms with Crippen LogP contribution in [0.5, 0.6) is 0 Å². The average Bonchev–Trinajstić information content (AvgIpc) is 2.63. The molecule has 7 heteroatoms. The van der Waals surface area contributed by atoms with Crippen molar-refractivity contribution in [3.05, 3.63) is 35.4 Å². The van der Waals surface area contributed by atoms with Crippen molar-refractivity contribution >= 4 is 24.2 Å². The van der Waals surface area contributed by atoms with Crippen LogP contribution >= 0.6 is 12.4 Å². The number of carbonyl (C=O) groups is 2. The lowest BCUT2D eigenvalue weighted by molar-refractivity contribution is -0.123. The van der Waals surface area contributed by atoms with Crippen LogP contribution in [0, 0.1) is 6.92 Å². The highest BCUT2D eigenvalue weighted by Crippen LogP contribution is 2.15. The van der Waals surface area contributed by atoms with E-state index in [2.05, 4.69) is 10.6 Å². The average molecular weight is 382 g/mol. The zero-order valence-electron chi connectivity index (χ0n) is 15.2. The fraction of sp³-hybridized carbons (Fsp3) is 0.579. The van der Waals surface area contributed by atoms with Gasteiger partial charge in [0.2, 0.25) is 5.91 Å². The first-order chi connectivity index (χ1) is 12.1. The zero-order valence-corrected chi connectivity index (χ0v) is 16.0. The van der Waals surface area contributed by atoms with E-state index in [1.807, 2.05) is 36.1 Å². The summed E-state index contributed by atoms with van der Waals surface area (Å²) >= 11 is 0. The van der Waals surface area contributed by atoms with Gasteiger partial charge in [-0.15, -0.1) is 12.4 Å². The Kier molecular flexibility index (Phi) is 7.87. The number of carbonyl (C=O) groups excluding carboxylic acids is 2. The van der Waals surface area contributed by atoms with E-state index in [4.69, 9.17) is 4.74 Å². The monoisotopic (exact) mass is 381 g/mol. The van der Waals surface area contributed by atoms with Crippen molar-refractivity contribution < 1.29 is 14.3 Å². The molecule has 2 saturated heterocycles. The number of hydrogen-bond acceptors (Lipinski definition) is 4. The maximum atomic E-state index is 12.5. The number of hydrogen-bond donors (Lipinski definition) is 2. The summed E-state index contributed by atoms with van der Waals surface area (Å²) in [6, 6.07) is 7.94. The Hall–Kier alpha value is -1.63. The molecule has 0 bridgehead atoms. The lowest BCUT2D eigenvalue weighted by atomic mass is 10.0. The molecule has 2 aliphatic rings. The van der Waals surface area contributed by atoms with E-state index in [-0.39, 0.29) is 36.3 Å². The van der Waals surface area contributed by atoms with Gasteiger partial charge in [0, 0.05) is 43.7 Å². The molecule has 1 aromatic rings. The standard InChI is InChI=1S/C19H27N3O3.ClH/c1-14-2-4-15(5-3-14)19(24)22-9-6-16(7-10-22)21-18(23)12-17-13-25-11-8-20-17;/h2-5,16-17,20H,6-13H2,1H3,(H,21,23);1H. The predicted octanol–water partition coefficient (Wildman–Crippen LogP) is 1.52. The summed E-state index contributed by atoms with van der Waals surface area (Å²) in [5, 5.41) is 6.39. The third-order valence-corrected chi connectivity index (χ3v) is 4.88. The second-order valence-corrected chi connectivity index (χ2v) is 6.93. The third-order valence-electron chi connectivity index (χ3n) is 4.88. The van der Waals surface area contributed by atoms with E-state index >= 15 is 0 Å². The van der Waals surface area contributed by atoms with E-state index in [0.717, 1.165) is 30.5 Å². The third kappa shape index (κ3) is 5.69. The molecule has 1 unspecified atom stereocenters. The Balaban J connectivity index is 0.00000243. The van der Waals surface area contributed by atoms with Gasteiger partial charge in [-0.05, 0) is 31.9 Å². The fourth-order valence-electron chi connectivity index (χ4n) is 3.37. The molecule has 1 aromatic carbocycles. The topological polar surface area (TPSA) is 70.7 Å². The molecular weight excluding hydrogens is 354 g/mol. The van der Waals surface area contributed by atoms with Crippen molar-refractivity contribution in [3.8, 4) is 0 Å². The van der Waals surface area contributed by atoms with Gasteiger partial charge in [0.15, 0.2) is 0 Å². The van der Waals surface area contributed by atoms with Crippen LogP contribution in [0.3, 0.4) is 0 Å². The molecule has 0 aliphatic carbocycles. The molecule has 1 atom stereocenters. The Labute approximate surface area is 161 Å². The summed E-state index contributed by atoms with van der Waals surface area (Å²) in [6.45, 7) is 5.49. The maximum Gasteiger partial charge on any atom is 0.253 e. The van der Waals surface area contributed by atoms with Crippen molar-refractivity contribution in [2.24, 2.45) is 0 Å². The number of piperidine rings is 1. The molecule has 6 nitrogen and oxygen atoms in total. The number of nitrogens with zero attached hydrogens (tertiary/aromatic N) is 1. The normalized spacial score (nSPS) is 21.0. The van der Waals surface area contributed by atoms with Gasteiger partial charge in [0.1, 0.15) is 0 Å². The first-order valence-electron chi connectivity index (χ1n) is 9.08. The van der Waals surface area contributed by atoms with E-state index < -0.39 is 0 Å². The van der Waals surface area contributed by atoms with Crippen LogP contribution in [0.1, 0.15) is 35.2 Å². The molecule has 0 saturated carbocycles. The SMILES string of the molecule is Cc1ccc(C(=O)N2CCC(NC(=O)CC3COCCN3)CC2)cc1.Cl. The van der Waals surface area contributed by atoms with Crippen LogP contribution in [-0.4, -0.2) is 61.6 Å². The highest BCUT2D eigenvalue weighted by molar-refractivity contribution is 5.94. The van der Waals surface area contributed by atoms with Crippen molar-refractivity contribution in [1.29, 1.82) is 0 Å². The lowest BCUT2D eigenvalue weighted by Crippen LogP contribution is -2.49. The van der Waals surface area contributed by atoms with Gasteiger partial charge < -0.3 is 20.3 Å². The summed E-state index contributed by atoms with van der Waals surface area (Å²) in [7, 11) is 0. The Morgan fingerprint density at radius 3 is 2.54 bits per heavy atom. The number of halogens is 1. The van der Waals surface area contributed by atoms with Crippen LogP contribution in [0.2, 0.25) is 0 Å². The molecule has 2 aliphatic heterocycles. The summed E-state index contributed by atoms with van der Waals surface area (Å²) in [4.78, 5) is 26.6. The smallest absolute Gasteiger partial charge is 0.253 e. The number of ether oxygens (including phenoxy) is 1. The molecule has 144 valence electrons. The second-order valence-electron chi connectivity index (χ2n) is 6.93. The van der Waals surface area contributed by atoms with Crippen molar-refractivity contribution in [1.82, 2.24) is 15.5 Å². The van der Waals surface area contributed by atoms with Crippen LogP contribution in [0.15, 0.2) is 24.3 Å². The van der Waals surface area contributed by atoms with Gasteiger partial charge in [-0.2, -0.15) is 0 Å². The Morgan fingerprint density at radius 2 is 1.92 bits per heavy atom. The van der Waals surface area contributed by atoms with E-state index in [9.17, 15) is 9.59 Å². The quantitative estimate of drug-likeness (QED) is 0.829. The zero-order chi connectivity index (χ0) is 17.6. The van der Waals surface area contributed by atoms with Crippen molar-refractivity contribution in [2.45, 2.75) is 38.3 Å². The van der Waals surface area contributed by atoms with Gasteiger partial charge in [-0.3, -0.25) is 9.59 Å². The molecule has 0 radical (unpaired) electrons. The maximum absolute atomic E-state index is 12.5. The molecule has 2 fully saturated rings. The number of amides is 2. The van der Waals surface area contributed by atoms with Crippen molar-refractivity contribution in [3.63, 3.8) is 0 Å². The molecular formula is C19H28ClN3O3. The second kappa shape index (κ2) is 9.90. The summed E-state index contributed by atoms with van der Waals surface area (Å²) in [5.74, 6) is 0.139. The number of likely N-dealkylation sites (tertiary alicyclic amines) is 1. The minimum absolute atomic E-state index is 0. The minimum Gasteiger partial charge on any atom is -0.378 e. The van der Waals surface area contributed by atoms with Gasteiger partial charge >= 0.3 is 0 Å². The van der Waals surface area contributed by atoms with Gasteiger partial charge in [0.25, 0.3) is 5.91 Å². The number of morpholine rings is 1. The molecule has 0 spiro atoms. The van der Waals surface area contributed by atoms with Crippen LogP contribution in [0.4, 0.5) is 0 Å². The molecule has 3 rings (SSSR count). The highest BCUT2D eigenvalue weighted by Gasteiger charge is 2.25. The summed E-state index contributed by atoms with van der Waals surface area (Å²) in [5.41, 5.74) is 1.88. The lowest BCUT2D eigenvalue weighted by Gasteiger charge is -2.33. The molecule has 2 heterocycles. The first-order valence-corrected chi connectivity index (χ1v) is 9.08. The molecule has 2 amide bonds.